The normalized spacial score (nSPS) is 26.3. The Morgan fingerprint density at radius 3 is 2.59 bits per heavy atom. The summed E-state index contributed by atoms with van der Waals surface area (Å²) in [5.74, 6) is -0.121. The summed E-state index contributed by atoms with van der Waals surface area (Å²) in [5, 5.41) is 2.34. The number of benzene rings is 2. The maximum atomic E-state index is 12.4. The Kier molecular flexibility index (Phi) is 3.01. The average molecular weight is 315 g/mol. The quantitative estimate of drug-likeness (QED) is 0.855. The molecule has 2 aliphatic rings. The fourth-order valence-corrected chi connectivity index (χ4v) is 4.88. The largest absolute Gasteiger partial charge is 0.273 e. The third-order valence-corrected chi connectivity index (χ3v) is 6.49. The van der Waals surface area contributed by atoms with E-state index in [-0.39, 0.29) is 23.5 Å². The van der Waals surface area contributed by atoms with Crippen molar-refractivity contribution in [3.63, 3.8) is 0 Å². The summed E-state index contributed by atoms with van der Waals surface area (Å²) in [5.41, 5.74) is 1.13. The monoisotopic (exact) mass is 315 g/mol. The molecule has 2 aromatic rings. The van der Waals surface area contributed by atoms with Crippen LogP contribution in [0.3, 0.4) is 0 Å². The van der Waals surface area contributed by atoms with Gasteiger partial charge in [0.25, 0.3) is 0 Å². The number of fused-ring (bicyclic) bond motifs is 1. The van der Waals surface area contributed by atoms with E-state index >= 15 is 0 Å². The van der Waals surface area contributed by atoms with Crippen molar-refractivity contribution in [1.82, 2.24) is 4.31 Å². The molecule has 0 spiro atoms. The van der Waals surface area contributed by atoms with E-state index < -0.39 is 10.0 Å². The minimum Gasteiger partial charge on any atom is -0.273 e. The van der Waals surface area contributed by atoms with Crippen LogP contribution in [0, 0.1) is 5.92 Å². The molecule has 0 unspecified atom stereocenters. The Morgan fingerprint density at radius 2 is 1.86 bits per heavy atom. The van der Waals surface area contributed by atoms with Crippen LogP contribution < -0.4 is 0 Å². The van der Waals surface area contributed by atoms with Gasteiger partial charge in [0.15, 0.2) is 0 Å². The van der Waals surface area contributed by atoms with Crippen LogP contribution >= 0.6 is 0 Å². The highest BCUT2D eigenvalue weighted by Crippen LogP contribution is 2.49. The Hall–Kier alpha value is -1.88. The number of hydrogen-bond donors (Lipinski definition) is 0. The van der Waals surface area contributed by atoms with Crippen LogP contribution in [0.1, 0.15) is 24.3 Å². The van der Waals surface area contributed by atoms with Gasteiger partial charge in [0, 0.05) is 12.5 Å². The molecule has 114 valence electrons. The second-order valence-corrected chi connectivity index (χ2v) is 8.15. The molecule has 0 N–H and O–H groups in total. The summed E-state index contributed by atoms with van der Waals surface area (Å²) < 4.78 is 24.8. The fraction of sp³-hybridized carbons (Fsp3) is 0.353. The molecular formula is C17H17NO3S. The van der Waals surface area contributed by atoms with Gasteiger partial charge in [-0.3, -0.25) is 4.79 Å². The number of nitrogens with zero attached hydrogens (tertiary/aromatic N) is 1. The van der Waals surface area contributed by atoms with Gasteiger partial charge in [-0.05, 0) is 35.1 Å². The van der Waals surface area contributed by atoms with Gasteiger partial charge < -0.3 is 0 Å². The summed E-state index contributed by atoms with van der Waals surface area (Å²) >= 11 is 0. The summed E-state index contributed by atoms with van der Waals surface area (Å²) in [6.07, 6.45) is 1.31. The first kappa shape index (κ1) is 13.8. The highest BCUT2D eigenvalue weighted by atomic mass is 32.2. The maximum Gasteiger partial charge on any atom is 0.239 e. The molecule has 0 bridgehead atoms. The standard InChI is InChI=1S/C17H17NO3S/c19-17(18-8-3-9-22(18,20)21)16-11-15(16)14-7-6-12-4-1-2-5-13(12)10-14/h1-2,4-7,10,15-16H,3,8-9,11H2/t15-,16+/m0/s1. The highest BCUT2D eigenvalue weighted by molar-refractivity contribution is 7.89. The molecule has 1 aliphatic carbocycles. The first-order valence-electron chi connectivity index (χ1n) is 7.59. The molecule has 1 saturated carbocycles. The van der Waals surface area contributed by atoms with Gasteiger partial charge in [-0.1, -0.05) is 42.5 Å². The Bertz CT molecular complexity index is 859. The lowest BCUT2D eigenvalue weighted by Gasteiger charge is -2.14. The predicted molar refractivity (Wildman–Crippen MR) is 84.9 cm³/mol. The van der Waals surface area contributed by atoms with Crippen LogP contribution in [-0.2, 0) is 14.8 Å². The number of rotatable bonds is 2. The molecule has 2 fully saturated rings. The molecule has 1 heterocycles. The third kappa shape index (κ3) is 2.20. The lowest BCUT2D eigenvalue weighted by molar-refractivity contribution is -0.127. The second-order valence-electron chi connectivity index (χ2n) is 6.14. The first-order valence-corrected chi connectivity index (χ1v) is 9.20. The highest BCUT2D eigenvalue weighted by Gasteiger charge is 2.49. The van der Waals surface area contributed by atoms with Crippen molar-refractivity contribution < 1.29 is 13.2 Å². The fourth-order valence-electron chi connectivity index (χ4n) is 3.35. The van der Waals surface area contributed by atoms with Crippen molar-refractivity contribution in [2.45, 2.75) is 18.8 Å². The van der Waals surface area contributed by atoms with Crippen LogP contribution in [0.5, 0.6) is 0 Å². The van der Waals surface area contributed by atoms with Gasteiger partial charge >= 0.3 is 0 Å². The van der Waals surface area contributed by atoms with E-state index in [1.54, 1.807) is 0 Å². The molecular weight excluding hydrogens is 298 g/mol. The average Bonchev–Trinajstić information content (AvgIpc) is 3.23. The molecule has 1 amide bonds. The molecule has 1 aliphatic heterocycles. The van der Waals surface area contributed by atoms with Crippen LogP contribution in [0.2, 0.25) is 0 Å². The molecule has 2 aromatic carbocycles. The van der Waals surface area contributed by atoms with E-state index in [1.807, 2.05) is 12.1 Å². The predicted octanol–water partition coefficient (Wildman–Crippen LogP) is 2.51. The zero-order chi connectivity index (χ0) is 15.3. The van der Waals surface area contributed by atoms with Gasteiger partial charge in [0.05, 0.1) is 5.75 Å². The molecule has 4 nitrogen and oxygen atoms in total. The van der Waals surface area contributed by atoms with Crippen molar-refractivity contribution in [1.29, 1.82) is 0 Å². The van der Waals surface area contributed by atoms with Crippen LogP contribution in [0.25, 0.3) is 10.8 Å². The molecule has 1 saturated heterocycles. The minimum atomic E-state index is -3.35. The van der Waals surface area contributed by atoms with Gasteiger partial charge in [0.2, 0.25) is 15.9 Å². The Morgan fingerprint density at radius 1 is 1.09 bits per heavy atom. The first-order chi connectivity index (χ1) is 10.6. The third-order valence-electron chi connectivity index (χ3n) is 4.65. The van der Waals surface area contributed by atoms with Crippen LogP contribution in [0.4, 0.5) is 0 Å². The van der Waals surface area contributed by atoms with Crippen LogP contribution in [0.15, 0.2) is 42.5 Å². The topological polar surface area (TPSA) is 54.5 Å². The van der Waals surface area contributed by atoms with Gasteiger partial charge in [-0.15, -0.1) is 0 Å². The lowest BCUT2D eigenvalue weighted by atomic mass is 10.0. The number of amides is 1. The van der Waals surface area contributed by atoms with E-state index in [1.165, 1.54) is 5.39 Å². The Balaban J connectivity index is 1.57. The molecule has 0 aromatic heterocycles. The smallest absolute Gasteiger partial charge is 0.239 e. The summed E-state index contributed by atoms with van der Waals surface area (Å²) in [6.45, 7) is 0.349. The molecule has 0 radical (unpaired) electrons. The van der Waals surface area contributed by atoms with E-state index in [0.717, 1.165) is 21.7 Å². The SMILES string of the molecule is O=C([C@@H]1C[C@H]1c1ccc2ccccc2c1)N1CCCS1(=O)=O. The summed E-state index contributed by atoms with van der Waals surface area (Å²) in [6, 6.07) is 14.4. The van der Waals surface area contributed by atoms with Gasteiger partial charge in [-0.25, -0.2) is 12.7 Å². The molecule has 2 atom stereocenters. The number of carbonyl (C=O) groups excluding carboxylic acids is 1. The lowest BCUT2D eigenvalue weighted by Crippen LogP contribution is -2.34. The zero-order valence-corrected chi connectivity index (χ0v) is 12.9. The number of carbonyl (C=O) groups is 1. The number of hydrogen-bond acceptors (Lipinski definition) is 3. The van der Waals surface area contributed by atoms with E-state index in [4.69, 9.17) is 0 Å². The summed E-state index contributed by atoms with van der Waals surface area (Å²) in [7, 11) is -3.35. The maximum absolute atomic E-state index is 12.4. The van der Waals surface area contributed by atoms with Gasteiger partial charge in [0.1, 0.15) is 0 Å². The second kappa shape index (κ2) is 4.81. The summed E-state index contributed by atoms with van der Waals surface area (Å²) in [4.78, 5) is 12.4. The van der Waals surface area contributed by atoms with E-state index in [2.05, 4.69) is 30.3 Å². The molecule has 4 rings (SSSR count). The van der Waals surface area contributed by atoms with Crippen molar-refractivity contribution >= 4 is 26.7 Å². The van der Waals surface area contributed by atoms with Gasteiger partial charge in [-0.2, -0.15) is 0 Å². The van der Waals surface area contributed by atoms with E-state index in [9.17, 15) is 13.2 Å². The van der Waals surface area contributed by atoms with Crippen molar-refractivity contribution in [3.05, 3.63) is 48.0 Å². The van der Waals surface area contributed by atoms with Crippen molar-refractivity contribution in [3.8, 4) is 0 Å². The minimum absolute atomic E-state index is 0.103. The van der Waals surface area contributed by atoms with E-state index in [0.29, 0.717) is 13.0 Å². The molecule has 5 heteroatoms. The van der Waals surface area contributed by atoms with Crippen molar-refractivity contribution in [2.24, 2.45) is 5.92 Å². The van der Waals surface area contributed by atoms with Crippen LogP contribution in [-0.4, -0.2) is 30.9 Å². The zero-order valence-electron chi connectivity index (χ0n) is 12.1. The van der Waals surface area contributed by atoms with Crippen molar-refractivity contribution in [2.75, 3.05) is 12.3 Å². The molecule has 22 heavy (non-hydrogen) atoms. The Labute approximate surface area is 129 Å². The number of sulfonamides is 1.